The topological polar surface area (TPSA) is 20.3 Å². The maximum atomic E-state index is 12.2. The van der Waals surface area contributed by atoms with E-state index in [1.54, 1.807) is 0 Å². The molecule has 1 aromatic carbocycles. The first-order valence-corrected chi connectivity index (χ1v) is 6.15. The number of carbonyl (C=O) groups excluding carboxylic acids is 1. The Morgan fingerprint density at radius 1 is 1.12 bits per heavy atom. The fourth-order valence-electron chi connectivity index (χ4n) is 3.27. The van der Waals surface area contributed by atoms with Gasteiger partial charge in [0.25, 0.3) is 0 Å². The van der Waals surface area contributed by atoms with Crippen LogP contribution in [-0.2, 0) is 4.79 Å². The van der Waals surface area contributed by atoms with Gasteiger partial charge in [0, 0.05) is 18.7 Å². The Morgan fingerprint density at radius 2 is 1.81 bits per heavy atom. The van der Waals surface area contributed by atoms with Crippen LogP contribution < -0.4 is 4.90 Å². The van der Waals surface area contributed by atoms with Gasteiger partial charge in [0.2, 0.25) is 5.91 Å². The minimum absolute atomic E-state index is 0.244. The Kier molecular flexibility index (Phi) is 2.23. The number of rotatable bonds is 0. The monoisotopic (exact) mass is 215 g/mol. The molecule has 1 amide bonds. The molecule has 2 nitrogen and oxygen atoms in total. The molecule has 16 heavy (non-hydrogen) atoms. The van der Waals surface area contributed by atoms with E-state index in [0.29, 0.717) is 11.8 Å². The van der Waals surface area contributed by atoms with Crippen LogP contribution in [-0.4, -0.2) is 13.0 Å². The summed E-state index contributed by atoms with van der Waals surface area (Å²) in [5.74, 6) is 1.05. The van der Waals surface area contributed by atoms with Crippen molar-refractivity contribution in [2.24, 2.45) is 5.92 Å². The number of amides is 1. The van der Waals surface area contributed by atoms with Gasteiger partial charge in [-0.15, -0.1) is 0 Å². The lowest BCUT2D eigenvalue weighted by Gasteiger charge is -2.40. The Bertz CT molecular complexity index is 426. The first kappa shape index (κ1) is 9.88. The molecule has 1 saturated carbocycles. The van der Waals surface area contributed by atoms with Gasteiger partial charge in [-0.2, -0.15) is 0 Å². The SMILES string of the molecule is CN1C(=O)[C@H]2CCCC[C@@H]2c2ccccc21. The third-order valence-corrected chi connectivity index (χ3v) is 4.11. The van der Waals surface area contributed by atoms with Crippen molar-refractivity contribution in [1.29, 1.82) is 0 Å². The summed E-state index contributed by atoms with van der Waals surface area (Å²) in [4.78, 5) is 14.1. The molecule has 2 aliphatic rings. The molecular weight excluding hydrogens is 198 g/mol. The van der Waals surface area contributed by atoms with Gasteiger partial charge < -0.3 is 4.90 Å². The van der Waals surface area contributed by atoms with Crippen LogP contribution in [0.5, 0.6) is 0 Å². The molecule has 0 unspecified atom stereocenters. The third-order valence-electron chi connectivity index (χ3n) is 4.11. The van der Waals surface area contributed by atoms with Crippen molar-refractivity contribution in [3.63, 3.8) is 0 Å². The van der Waals surface area contributed by atoms with E-state index in [1.165, 1.54) is 24.8 Å². The summed E-state index contributed by atoms with van der Waals surface area (Å²) in [6, 6.07) is 8.37. The van der Waals surface area contributed by atoms with Crippen molar-refractivity contribution in [3.8, 4) is 0 Å². The summed E-state index contributed by atoms with van der Waals surface area (Å²) >= 11 is 0. The minimum atomic E-state index is 0.244. The lowest BCUT2D eigenvalue weighted by atomic mass is 9.72. The smallest absolute Gasteiger partial charge is 0.230 e. The summed E-state index contributed by atoms with van der Waals surface area (Å²) in [6.45, 7) is 0. The molecule has 0 radical (unpaired) electrons. The molecule has 2 heteroatoms. The molecule has 1 aromatic rings. The zero-order chi connectivity index (χ0) is 11.1. The van der Waals surface area contributed by atoms with Gasteiger partial charge in [0.1, 0.15) is 0 Å². The predicted molar refractivity (Wildman–Crippen MR) is 64.6 cm³/mol. The number of hydrogen-bond donors (Lipinski definition) is 0. The Labute approximate surface area is 96.3 Å². The van der Waals surface area contributed by atoms with E-state index in [1.807, 2.05) is 18.0 Å². The molecule has 0 aromatic heterocycles. The zero-order valence-corrected chi connectivity index (χ0v) is 9.65. The maximum absolute atomic E-state index is 12.2. The summed E-state index contributed by atoms with van der Waals surface area (Å²) < 4.78 is 0. The molecule has 0 N–H and O–H groups in total. The van der Waals surface area contributed by atoms with Crippen LogP contribution in [0.15, 0.2) is 24.3 Å². The van der Waals surface area contributed by atoms with E-state index in [4.69, 9.17) is 0 Å². The van der Waals surface area contributed by atoms with Crippen molar-refractivity contribution in [2.45, 2.75) is 31.6 Å². The fraction of sp³-hybridized carbons (Fsp3) is 0.500. The van der Waals surface area contributed by atoms with Gasteiger partial charge in [-0.3, -0.25) is 4.79 Å². The molecular formula is C14H17NO. The van der Waals surface area contributed by atoms with Gasteiger partial charge in [-0.1, -0.05) is 31.0 Å². The molecule has 1 aliphatic heterocycles. The number of para-hydroxylation sites is 1. The highest BCUT2D eigenvalue weighted by molar-refractivity contribution is 5.98. The molecule has 1 heterocycles. The number of carbonyl (C=O) groups is 1. The highest BCUT2D eigenvalue weighted by Crippen LogP contribution is 2.45. The predicted octanol–water partition coefficient (Wildman–Crippen LogP) is 2.94. The van der Waals surface area contributed by atoms with Crippen LogP contribution in [0.3, 0.4) is 0 Å². The number of nitrogens with zero attached hydrogens (tertiary/aromatic N) is 1. The van der Waals surface area contributed by atoms with Crippen LogP contribution in [0.25, 0.3) is 0 Å². The molecule has 1 fully saturated rings. The second kappa shape index (κ2) is 3.62. The van der Waals surface area contributed by atoms with E-state index < -0.39 is 0 Å². The van der Waals surface area contributed by atoms with Gasteiger partial charge in [-0.25, -0.2) is 0 Å². The number of anilines is 1. The molecule has 0 saturated heterocycles. The lowest BCUT2D eigenvalue weighted by Crippen LogP contribution is -2.42. The quantitative estimate of drug-likeness (QED) is 0.651. The molecule has 84 valence electrons. The van der Waals surface area contributed by atoms with E-state index >= 15 is 0 Å². The van der Waals surface area contributed by atoms with Crippen molar-refractivity contribution in [2.75, 3.05) is 11.9 Å². The average molecular weight is 215 g/mol. The number of hydrogen-bond acceptors (Lipinski definition) is 1. The number of benzene rings is 1. The van der Waals surface area contributed by atoms with Crippen molar-refractivity contribution in [3.05, 3.63) is 29.8 Å². The summed E-state index contributed by atoms with van der Waals surface area (Å²) in [7, 11) is 1.91. The molecule has 0 spiro atoms. The summed E-state index contributed by atoms with van der Waals surface area (Å²) in [5.41, 5.74) is 2.50. The van der Waals surface area contributed by atoms with E-state index in [0.717, 1.165) is 12.1 Å². The molecule has 1 aliphatic carbocycles. The van der Waals surface area contributed by atoms with Crippen molar-refractivity contribution in [1.82, 2.24) is 0 Å². The zero-order valence-electron chi connectivity index (χ0n) is 9.65. The van der Waals surface area contributed by atoms with Crippen molar-refractivity contribution >= 4 is 11.6 Å². The van der Waals surface area contributed by atoms with Crippen LogP contribution >= 0.6 is 0 Å². The van der Waals surface area contributed by atoms with Crippen molar-refractivity contribution < 1.29 is 4.79 Å². The van der Waals surface area contributed by atoms with Crippen LogP contribution in [0.1, 0.15) is 37.2 Å². The first-order valence-electron chi connectivity index (χ1n) is 6.15. The maximum Gasteiger partial charge on any atom is 0.230 e. The summed E-state index contributed by atoms with van der Waals surface area (Å²) in [6.07, 6.45) is 4.73. The molecule has 2 atom stereocenters. The second-order valence-corrected chi connectivity index (χ2v) is 4.95. The highest BCUT2D eigenvalue weighted by Gasteiger charge is 2.39. The standard InChI is InChI=1S/C14H17NO/c1-15-13-9-5-4-7-11(13)10-6-2-3-8-12(10)14(15)16/h4-5,7,9-10,12H,2-3,6,8H2,1H3/t10-,12+/m1/s1. The summed E-state index contributed by atoms with van der Waals surface area (Å²) in [5, 5.41) is 0. The highest BCUT2D eigenvalue weighted by atomic mass is 16.2. The largest absolute Gasteiger partial charge is 0.315 e. The van der Waals surface area contributed by atoms with E-state index in [-0.39, 0.29) is 5.92 Å². The van der Waals surface area contributed by atoms with Gasteiger partial charge in [0.05, 0.1) is 0 Å². The van der Waals surface area contributed by atoms with Gasteiger partial charge in [0.15, 0.2) is 0 Å². The third kappa shape index (κ3) is 1.29. The first-order chi connectivity index (χ1) is 7.79. The fourth-order valence-corrected chi connectivity index (χ4v) is 3.27. The minimum Gasteiger partial charge on any atom is -0.315 e. The normalized spacial score (nSPS) is 28.6. The Hall–Kier alpha value is -1.31. The number of fused-ring (bicyclic) bond motifs is 3. The molecule has 3 rings (SSSR count). The van der Waals surface area contributed by atoms with Crippen LogP contribution in [0.4, 0.5) is 5.69 Å². The average Bonchev–Trinajstić information content (AvgIpc) is 2.36. The van der Waals surface area contributed by atoms with Gasteiger partial charge >= 0.3 is 0 Å². The Morgan fingerprint density at radius 3 is 2.62 bits per heavy atom. The molecule has 0 bridgehead atoms. The van der Waals surface area contributed by atoms with E-state index in [2.05, 4.69) is 18.2 Å². The Balaban J connectivity index is 2.11. The van der Waals surface area contributed by atoms with Crippen LogP contribution in [0, 0.1) is 5.92 Å². The van der Waals surface area contributed by atoms with Crippen LogP contribution in [0.2, 0.25) is 0 Å². The lowest BCUT2D eigenvalue weighted by molar-refractivity contribution is -0.124. The van der Waals surface area contributed by atoms with E-state index in [9.17, 15) is 4.79 Å². The van der Waals surface area contributed by atoms with Gasteiger partial charge in [-0.05, 0) is 30.4 Å². The second-order valence-electron chi connectivity index (χ2n) is 4.95.